The molecule has 0 saturated heterocycles. The molecule has 306 valence electrons. The average molecular weight is 828 g/mol. The normalized spacial score (nSPS) is 14.0. The van der Waals surface area contributed by atoms with Gasteiger partial charge in [-0.15, -0.1) is 0 Å². The molecule has 0 saturated carbocycles. The lowest BCUT2D eigenvalue weighted by Crippen LogP contribution is -2.25. The second-order valence-corrected chi connectivity index (χ2v) is 17.3. The fourth-order valence-corrected chi connectivity index (χ4v) is 10.8. The lowest BCUT2D eigenvalue weighted by molar-refractivity contribution is 0.714. The van der Waals surface area contributed by atoms with Crippen molar-refractivity contribution in [2.75, 3.05) is 4.90 Å². The highest BCUT2D eigenvalue weighted by atomic mass is 15.1. The van der Waals surface area contributed by atoms with E-state index in [1.807, 2.05) is 0 Å². The lowest BCUT2D eigenvalue weighted by Gasteiger charge is -2.35. The summed E-state index contributed by atoms with van der Waals surface area (Å²) in [6.07, 6.45) is 0. The van der Waals surface area contributed by atoms with Gasteiger partial charge in [0.05, 0.1) is 11.4 Å². The highest BCUT2D eigenvalue weighted by Gasteiger charge is 2.43. The van der Waals surface area contributed by atoms with Crippen molar-refractivity contribution in [2.24, 2.45) is 0 Å². The van der Waals surface area contributed by atoms with E-state index in [1.165, 1.54) is 82.7 Å². The topological polar surface area (TPSA) is 3.24 Å². The first-order chi connectivity index (χ1) is 32.2. The van der Waals surface area contributed by atoms with Crippen LogP contribution in [0.2, 0.25) is 0 Å². The van der Waals surface area contributed by atoms with Crippen molar-refractivity contribution in [3.63, 3.8) is 0 Å². The summed E-state index contributed by atoms with van der Waals surface area (Å²) in [4.78, 5) is 2.53. The summed E-state index contributed by atoms with van der Waals surface area (Å²) in [5, 5.41) is 4.97. The Labute approximate surface area is 381 Å². The van der Waals surface area contributed by atoms with Crippen LogP contribution in [-0.4, -0.2) is 0 Å². The first-order valence-electron chi connectivity index (χ1n) is 22.6. The Hall–Kier alpha value is -8.26. The van der Waals surface area contributed by atoms with Crippen LogP contribution in [0.5, 0.6) is 0 Å². The second kappa shape index (κ2) is 15.8. The fourth-order valence-electron chi connectivity index (χ4n) is 10.8. The molecule has 1 atom stereocenters. The van der Waals surface area contributed by atoms with Crippen LogP contribution in [0.3, 0.4) is 0 Å². The van der Waals surface area contributed by atoms with Gasteiger partial charge in [-0.25, -0.2) is 0 Å². The predicted octanol–water partition coefficient (Wildman–Crippen LogP) is 17.5. The molecule has 0 aromatic heterocycles. The molecule has 0 radical (unpaired) electrons. The molecule has 0 spiro atoms. The zero-order valence-electron chi connectivity index (χ0n) is 36.2. The van der Waals surface area contributed by atoms with Gasteiger partial charge in [-0.05, 0) is 126 Å². The number of nitrogens with zero attached hydrogens (tertiary/aromatic N) is 1. The summed E-state index contributed by atoms with van der Waals surface area (Å²) in [6, 6.07) is 93.7. The molecule has 1 aliphatic carbocycles. The van der Waals surface area contributed by atoms with Crippen LogP contribution in [0, 0.1) is 0 Å². The Morgan fingerprint density at radius 1 is 0.308 bits per heavy atom. The highest BCUT2D eigenvalue weighted by molar-refractivity contribution is 6.22. The molecular weight excluding hydrogens is 783 g/mol. The minimum absolute atomic E-state index is 0.420. The highest BCUT2D eigenvalue weighted by Crippen LogP contribution is 2.58. The molecule has 11 aromatic carbocycles. The Balaban J connectivity index is 1.15. The predicted molar refractivity (Wildman–Crippen MR) is 275 cm³/mol. The van der Waals surface area contributed by atoms with Crippen LogP contribution in [0.15, 0.2) is 255 Å². The largest absolute Gasteiger partial charge is 0.310 e. The van der Waals surface area contributed by atoms with Gasteiger partial charge in [0.1, 0.15) is 0 Å². The van der Waals surface area contributed by atoms with Crippen molar-refractivity contribution in [3.05, 3.63) is 271 Å². The molecule has 0 aliphatic heterocycles. The van der Waals surface area contributed by atoms with Crippen molar-refractivity contribution in [1.29, 1.82) is 0 Å². The summed E-state index contributed by atoms with van der Waals surface area (Å²) < 4.78 is 0. The molecule has 1 heteroatoms. The maximum absolute atomic E-state index is 2.53. The van der Waals surface area contributed by atoms with E-state index >= 15 is 0 Å². The van der Waals surface area contributed by atoms with E-state index in [0.29, 0.717) is 0 Å². The smallest absolute Gasteiger partial charge is 0.0540 e. The third-order valence-corrected chi connectivity index (χ3v) is 13.7. The van der Waals surface area contributed by atoms with Gasteiger partial charge < -0.3 is 4.90 Å². The Morgan fingerprint density at radius 3 is 1.54 bits per heavy atom. The summed E-state index contributed by atoms with van der Waals surface area (Å²) in [6.45, 7) is 2.42. The minimum atomic E-state index is -0.420. The third kappa shape index (κ3) is 6.31. The van der Waals surface area contributed by atoms with Crippen LogP contribution < -0.4 is 4.90 Å². The van der Waals surface area contributed by atoms with Gasteiger partial charge in [0, 0.05) is 16.7 Å². The molecular formula is C64H45N. The Bertz CT molecular complexity index is 3540. The second-order valence-electron chi connectivity index (χ2n) is 17.3. The molecule has 11 aromatic rings. The first kappa shape index (κ1) is 38.4. The quantitative estimate of drug-likeness (QED) is 0.138. The monoisotopic (exact) mass is 827 g/mol. The minimum Gasteiger partial charge on any atom is -0.310 e. The van der Waals surface area contributed by atoms with Gasteiger partial charge in [0.15, 0.2) is 0 Å². The van der Waals surface area contributed by atoms with Gasteiger partial charge >= 0.3 is 0 Å². The molecule has 0 amide bonds. The maximum atomic E-state index is 2.53. The van der Waals surface area contributed by atoms with Crippen LogP contribution in [0.4, 0.5) is 17.1 Å². The molecule has 0 fully saturated rings. The van der Waals surface area contributed by atoms with E-state index in [9.17, 15) is 0 Å². The number of anilines is 3. The van der Waals surface area contributed by atoms with Gasteiger partial charge in [-0.1, -0.05) is 224 Å². The molecule has 1 unspecified atom stereocenters. The summed E-state index contributed by atoms with van der Waals surface area (Å²) >= 11 is 0. The SMILES string of the molecule is CC1(c2ccccc2)c2ccccc2-c2cccc(N(c3cccc(-c4ccccc4)c3)c3ccccc3-c3ccc4c(c3)c(-c3ccccc3)c(-c3ccccc3)c3ccccc34)c21. The number of fused-ring (bicyclic) bond motifs is 6. The van der Waals surface area contributed by atoms with Gasteiger partial charge in [-0.2, -0.15) is 0 Å². The number of para-hydroxylation sites is 1. The molecule has 12 rings (SSSR count). The summed E-state index contributed by atoms with van der Waals surface area (Å²) in [5.41, 5.74) is 19.0. The Kier molecular flexibility index (Phi) is 9.35. The van der Waals surface area contributed by atoms with Crippen LogP contribution in [0.1, 0.15) is 23.6 Å². The van der Waals surface area contributed by atoms with Gasteiger partial charge in [-0.3, -0.25) is 0 Å². The first-order valence-corrected chi connectivity index (χ1v) is 22.6. The maximum Gasteiger partial charge on any atom is 0.0540 e. The van der Waals surface area contributed by atoms with E-state index in [1.54, 1.807) is 0 Å². The molecule has 65 heavy (non-hydrogen) atoms. The number of hydrogen-bond acceptors (Lipinski definition) is 1. The van der Waals surface area contributed by atoms with E-state index in [0.717, 1.165) is 28.2 Å². The van der Waals surface area contributed by atoms with Crippen molar-refractivity contribution in [3.8, 4) is 55.6 Å². The van der Waals surface area contributed by atoms with Crippen molar-refractivity contribution < 1.29 is 0 Å². The molecule has 0 bridgehead atoms. The van der Waals surface area contributed by atoms with Crippen LogP contribution in [0.25, 0.3) is 77.2 Å². The van der Waals surface area contributed by atoms with Crippen LogP contribution >= 0.6 is 0 Å². The van der Waals surface area contributed by atoms with Crippen molar-refractivity contribution >= 4 is 38.6 Å². The van der Waals surface area contributed by atoms with Gasteiger partial charge in [0.25, 0.3) is 0 Å². The zero-order valence-corrected chi connectivity index (χ0v) is 36.2. The number of hydrogen-bond donors (Lipinski definition) is 0. The van der Waals surface area contributed by atoms with E-state index in [4.69, 9.17) is 0 Å². The van der Waals surface area contributed by atoms with E-state index < -0.39 is 5.41 Å². The van der Waals surface area contributed by atoms with Crippen molar-refractivity contribution in [1.82, 2.24) is 0 Å². The standard InChI is InChI=1S/C64H45N/c1-64(49-29-12-5-13-30-49)58-37-18-16-34-54(58)56-36-21-39-60(63(56)64)65(50-31-20-28-47(42-50)44-22-6-2-7-23-44)59-38-19-17-32-51(59)48-40-41-53-52-33-14-15-35-55(52)61(45-24-8-3-9-25-45)62(57(53)43-48)46-26-10-4-11-27-46/h2-43H,1H3. The number of benzene rings is 11. The summed E-state index contributed by atoms with van der Waals surface area (Å²) in [7, 11) is 0. The molecule has 1 aliphatic rings. The van der Waals surface area contributed by atoms with E-state index in [-0.39, 0.29) is 0 Å². The zero-order chi connectivity index (χ0) is 43.3. The third-order valence-electron chi connectivity index (χ3n) is 13.7. The molecule has 0 N–H and O–H groups in total. The lowest BCUT2D eigenvalue weighted by atomic mass is 9.73. The van der Waals surface area contributed by atoms with E-state index in [2.05, 4.69) is 267 Å². The molecule has 1 nitrogen and oxygen atoms in total. The van der Waals surface area contributed by atoms with Crippen molar-refractivity contribution in [2.45, 2.75) is 12.3 Å². The number of rotatable bonds is 8. The summed E-state index contributed by atoms with van der Waals surface area (Å²) in [5.74, 6) is 0. The Morgan fingerprint density at radius 2 is 0.815 bits per heavy atom. The molecule has 0 heterocycles. The van der Waals surface area contributed by atoms with Gasteiger partial charge in [0.2, 0.25) is 0 Å². The average Bonchev–Trinajstić information content (AvgIpc) is 3.66. The fraction of sp³-hybridized carbons (Fsp3) is 0.0312. The van der Waals surface area contributed by atoms with Crippen LogP contribution in [-0.2, 0) is 5.41 Å².